The van der Waals surface area contributed by atoms with Crippen LogP contribution in [0.25, 0.3) is 11.2 Å². The molecular weight excluding hydrogens is 523 g/mol. The Bertz CT molecular complexity index is 1610. The van der Waals surface area contributed by atoms with Gasteiger partial charge in [-0.2, -0.15) is 10.1 Å². The molecule has 0 saturated heterocycles. The number of aryl methyl sites for hydroxylation is 2. The van der Waals surface area contributed by atoms with Gasteiger partial charge < -0.3 is 18.8 Å². The molecular formula is C24H24Cl2N6O5. The normalized spacial score (nSPS) is 11.3. The Balaban J connectivity index is 1.69. The minimum atomic E-state index is -0.519. The molecule has 0 aliphatic carbocycles. The minimum absolute atomic E-state index is 0.0194. The van der Waals surface area contributed by atoms with Crippen molar-refractivity contribution in [2.45, 2.75) is 6.54 Å². The Morgan fingerprint density at radius 1 is 0.973 bits per heavy atom. The molecule has 2 aromatic heterocycles. The zero-order valence-corrected chi connectivity index (χ0v) is 22.2. The number of benzene rings is 2. The van der Waals surface area contributed by atoms with Gasteiger partial charge in [0.1, 0.15) is 0 Å². The Kier molecular flexibility index (Phi) is 7.46. The molecule has 0 aliphatic heterocycles. The summed E-state index contributed by atoms with van der Waals surface area (Å²) in [6.07, 6.45) is 1.53. The lowest BCUT2D eigenvalue weighted by atomic mass is 10.2. The van der Waals surface area contributed by atoms with Crippen LogP contribution in [-0.4, -0.2) is 46.2 Å². The van der Waals surface area contributed by atoms with Crippen LogP contribution in [-0.2, 0) is 20.6 Å². The first kappa shape index (κ1) is 26.1. The fourth-order valence-electron chi connectivity index (χ4n) is 3.84. The molecule has 0 aliphatic rings. The highest BCUT2D eigenvalue weighted by atomic mass is 35.5. The molecule has 4 aromatic rings. The van der Waals surface area contributed by atoms with E-state index in [4.69, 9.17) is 37.4 Å². The average molecular weight is 547 g/mol. The Labute approximate surface area is 221 Å². The summed E-state index contributed by atoms with van der Waals surface area (Å²) in [5, 5.41) is 4.95. The van der Waals surface area contributed by atoms with Gasteiger partial charge in [0, 0.05) is 19.7 Å². The summed E-state index contributed by atoms with van der Waals surface area (Å²) in [5.74, 6) is 1.67. The highest BCUT2D eigenvalue weighted by molar-refractivity contribution is 6.42. The number of nitrogens with one attached hydrogen (secondary N) is 1. The molecule has 13 heteroatoms. The standard InChI is InChI=1S/C24H24Cl2N6O5/c1-30-19-21(31(2)24(34)32(22(19)33)12-13-6-7-15(25)16(26)8-13)28-23(30)29-27-11-14-9-17(35-3)20(37-5)18(10-14)36-4/h6-11H,12H2,1-5H3,(H,28,29)/b27-11+. The van der Waals surface area contributed by atoms with Crippen LogP contribution in [0.1, 0.15) is 11.1 Å². The molecule has 0 atom stereocenters. The van der Waals surface area contributed by atoms with E-state index in [0.29, 0.717) is 38.4 Å². The van der Waals surface area contributed by atoms with Gasteiger partial charge in [-0.1, -0.05) is 29.3 Å². The van der Waals surface area contributed by atoms with E-state index in [2.05, 4.69) is 15.5 Å². The first-order chi connectivity index (χ1) is 17.7. The topological polar surface area (TPSA) is 114 Å². The fraction of sp³-hybridized carbons (Fsp3) is 0.250. The predicted octanol–water partition coefficient (Wildman–Crippen LogP) is 3.26. The van der Waals surface area contributed by atoms with Gasteiger partial charge in [0.05, 0.1) is 44.1 Å². The third kappa shape index (κ3) is 4.87. The van der Waals surface area contributed by atoms with Gasteiger partial charge in [-0.25, -0.2) is 10.2 Å². The molecule has 11 nitrogen and oxygen atoms in total. The molecule has 0 saturated carbocycles. The van der Waals surface area contributed by atoms with Crippen molar-refractivity contribution in [1.82, 2.24) is 18.7 Å². The number of halogens is 2. The van der Waals surface area contributed by atoms with Crippen LogP contribution in [0.4, 0.5) is 5.95 Å². The second kappa shape index (κ2) is 10.6. The van der Waals surface area contributed by atoms with Crippen LogP contribution in [0.5, 0.6) is 17.2 Å². The minimum Gasteiger partial charge on any atom is -0.493 e. The van der Waals surface area contributed by atoms with Gasteiger partial charge >= 0.3 is 5.69 Å². The third-order valence-corrected chi connectivity index (χ3v) is 6.49. The SMILES string of the molecule is COc1cc(/C=N/Nc2nc3c(c(=O)n(Cc4ccc(Cl)c(Cl)c4)c(=O)n3C)n2C)cc(OC)c1OC. The van der Waals surface area contributed by atoms with Crippen molar-refractivity contribution >= 4 is 46.5 Å². The molecule has 0 radical (unpaired) electrons. The maximum Gasteiger partial charge on any atom is 0.332 e. The quantitative estimate of drug-likeness (QED) is 0.266. The van der Waals surface area contributed by atoms with E-state index in [1.807, 2.05) is 0 Å². The molecule has 37 heavy (non-hydrogen) atoms. The first-order valence-electron chi connectivity index (χ1n) is 10.9. The summed E-state index contributed by atoms with van der Waals surface area (Å²) in [6, 6.07) is 8.40. The molecule has 1 N–H and O–H groups in total. The van der Waals surface area contributed by atoms with Crippen LogP contribution in [0.2, 0.25) is 10.0 Å². The van der Waals surface area contributed by atoms with Gasteiger partial charge in [0.25, 0.3) is 5.56 Å². The van der Waals surface area contributed by atoms with Crippen LogP contribution in [0.3, 0.4) is 0 Å². The molecule has 0 fully saturated rings. The van der Waals surface area contributed by atoms with Gasteiger partial charge in [-0.15, -0.1) is 0 Å². The van der Waals surface area contributed by atoms with E-state index in [-0.39, 0.29) is 23.7 Å². The van der Waals surface area contributed by atoms with E-state index < -0.39 is 11.2 Å². The number of ether oxygens (including phenoxy) is 3. The van der Waals surface area contributed by atoms with Crippen molar-refractivity contribution in [1.29, 1.82) is 0 Å². The van der Waals surface area contributed by atoms with Gasteiger partial charge in [0.2, 0.25) is 11.7 Å². The maximum atomic E-state index is 13.3. The van der Waals surface area contributed by atoms with Gasteiger partial charge in [-0.05, 0) is 29.8 Å². The molecule has 0 spiro atoms. The third-order valence-electron chi connectivity index (χ3n) is 5.75. The number of hydrogen-bond acceptors (Lipinski definition) is 8. The Hall–Kier alpha value is -3.96. The number of methoxy groups -OCH3 is 3. The van der Waals surface area contributed by atoms with Crippen LogP contribution in [0, 0.1) is 0 Å². The lowest BCUT2D eigenvalue weighted by Crippen LogP contribution is -2.39. The highest BCUT2D eigenvalue weighted by Crippen LogP contribution is 2.37. The number of hydrogen-bond donors (Lipinski definition) is 1. The van der Waals surface area contributed by atoms with Crippen molar-refractivity contribution in [3.63, 3.8) is 0 Å². The highest BCUT2D eigenvalue weighted by Gasteiger charge is 2.19. The molecule has 194 valence electrons. The van der Waals surface area contributed by atoms with Crippen LogP contribution >= 0.6 is 23.2 Å². The van der Waals surface area contributed by atoms with Crippen molar-refractivity contribution in [3.05, 3.63) is 72.3 Å². The number of anilines is 1. The number of nitrogens with zero attached hydrogens (tertiary/aromatic N) is 5. The zero-order valence-electron chi connectivity index (χ0n) is 20.7. The summed E-state index contributed by atoms with van der Waals surface area (Å²) in [7, 11) is 7.77. The summed E-state index contributed by atoms with van der Waals surface area (Å²) in [6.45, 7) is 0.0194. The van der Waals surface area contributed by atoms with Crippen molar-refractivity contribution in [2.75, 3.05) is 26.8 Å². The van der Waals surface area contributed by atoms with Crippen LogP contribution < -0.4 is 30.9 Å². The lowest BCUT2D eigenvalue weighted by Gasteiger charge is -2.12. The smallest absolute Gasteiger partial charge is 0.332 e. The van der Waals surface area contributed by atoms with E-state index >= 15 is 0 Å². The number of aromatic nitrogens is 4. The van der Waals surface area contributed by atoms with Crippen molar-refractivity contribution < 1.29 is 14.2 Å². The summed E-state index contributed by atoms with van der Waals surface area (Å²) >= 11 is 12.1. The van der Waals surface area contributed by atoms with E-state index in [0.717, 1.165) is 4.57 Å². The molecule has 0 bridgehead atoms. The molecule has 0 amide bonds. The predicted molar refractivity (Wildman–Crippen MR) is 143 cm³/mol. The number of rotatable bonds is 8. The number of fused-ring (bicyclic) bond motifs is 1. The van der Waals surface area contributed by atoms with Crippen LogP contribution in [0.15, 0.2) is 45.0 Å². The Morgan fingerprint density at radius 3 is 2.24 bits per heavy atom. The zero-order chi connectivity index (χ0) is 26.9. The summed E-state index contributed by atoms with van der Waals surface area (Å²) in [4.78, 5) is 30.7. The monoisotopic (exact) mass is 546 g/mol. The lowest BCUT2D eigenvalue weighted by molar-refractivity contribution is 0.324. The summed E-state index contributed by atoms with van der Waals surface area (Å²) in [5.41, 5.74) is 3.57. The largest absolute Gasteiger partial charge is 0.493 e. The van der Waals surface area contributed by atoms with Crippen molar-refractivity contribution in [2.24, 2.45) is 19.2 Å². The second-order valence-corrected chi connectivity index (χ2v) is 8.79. The van der Waals surface area contributed by atoms with E-state index in [1.54, 1.807) is 44.4 Å². The second-order valence-electron chi connectivity index (χ2n) is 7.98. The van der Waals surface area contributed by atoms with Crippen molar-refractivity contribution in [3.8, 4) is 17.2 Å². The average Bonchev–Trinajstić information content (AvgIpc) is 3.22. The molecule has 4 rings (SSSR count). The molecule has 0 unspecified atom stereocenters. The van der Waals surface area contributed by atoms with Gasteiger partial charge in [0.15, 0.2) is 22.7 Å². The van der Waals surface area contributed by atoms with E-state index in [1.165, 1.54) is 36.7 Å². The van der Waals surface area contributed by atoms with Gasteiger partial charge in [-0.3, -0.25) is 13.9 Å². The fourth-order valence-corrected chi connectivity index (χ4v) is 4.16. The number of hydrazone groups is 1. The van der Waals surface area contributed by atoms with E-state index in [9.17, 15) is 9.59 Å². The summed E-state index contributed by atoms with van der Waals surface area (Å²) < 4.78 is 20.0. The number of imidazole rings is 1. The molecule has 2 heterocycles. The maximum absolute atomic E-state index is 13.3. The molecule has 2 aromatic carbocycles. The Morgan fingerprint density at radius 2 is 1.65 bits per heavy atom. The first-order valence-corrected chi connectivity index (χ1v) is 11.6.